The van der Waals surface area contributed by atoms with Crippen LogP contribution < -0.4 is 11.1 Å². The van der Waals surface area contributed by atoms with Gasteiger partial charge in [0.1, 0.15) is 0 Å². The third kappa shape index (κ3) is 2.86. The number of likely N-dealkylation sites (tertiary alicyclic amines) is 1. The zero-order chi connectivity index (χ0) is 12.6. The SMILES string of the molecule is NC1CCN(CC(=O)NCC2(C3CC3)CC2)CC1. The third-order valence-corrected chi connectivity index (χ3v) is 4.97. The van der Waals surface area contributed by atoms with E-state index in [9.17, 15) is 4.79 Å². The Morgan fingerprint density at radius 1 is 1.22 bits per heavy atom. The molecule has 0 spiro atoms. The first kappa shape index (κ1) is 12.4. The highest BCUT2D eigenvalue weighted by molar-refractivity contribution is 5.78. The standard InChI is InChI=1S/C14H25N3O/c15-12-3-7-17(8-4-12)9-13(18)16-10-14(5-6-14)11-1-2-11/h11-12H,1-10,15H2,(H,16,18). The number of nitrogens with one attached hydrogen (secondary N) is 1. The summed E-state index contributed by atoms with van der Waals surface area (Å²) in [6.07, 6.45) is 7.49. The molecule has 0 bridgehead atoms. The highest BCUT2D eigenvalue weighted by Gasteiger charge is 2.53. The van der Waals surface area contributed by atoms with Gasteiger partial charge in [0.25, 0.3) is 0 Å². The Labute approximate surface area is 109 Å². The lowest BCUT2D eigenvalue weighted by Gasteiger charge is -2.29. The Balaban J connectivity index is 1.37. The van der Waals surface area contributed by atoms with Crippen LogP contribution in [0, 0.1) is 11.3 Å². The first-order valence-electron chi connectivity index (χ1n) is 7.43. The summed E-state index contributed by atoms with van der Waals surface area (Å²) in [5.74, 6) is 1.13. The summed E-state index contributed by atoms with van der Waals surface area (Å²) >= 11 is 0. The highest BCUT2D eigenvalue weighted by Crippen LogP contribution is 2.60. The van der Waals surface area contributed by atoms with E-state index in [2.05, 4.69) is 10.2 Å². The molecule has 1 heterocycles. The molecule has 1 aliphatic heterocycles. The smallest absolute Gasteiger partial charge is 0.234 e. The van der Waals surface area contributed by atoms with E-state index in [0.29, 0.717) is 18.0 Å². The molecule has 0 radical (unpaired) electrons. The van der Waals surface area contributed by atoms with Crippen LogP contribution in [0.1, 0.15) is 38.5 Å². The lowest BCUT2D eigenvalue weighted by molar-refractivity contribution is -0.122. The molecular weight excluding hydrogens is 226 g/mol. The fourth-order valence-corrected chi connectivity index (χ4v) is 3.23. The van der Waals surface area contributed by atoms with Crippen molar-refractivity contribution < 1.29 is 4.79 Å². The molecule has 0 aromatic rings. The number of piperidine rings is 1. The van der Waals surface area contributed by atoms with Crippen molar-refractivity contribution in [1.82, 2.24) is 10.2 Å². The van der Waals surface area contributed by atoms with E-state index in [0.717, 1.165) is 38.4 Å². The third-order valence-electron chi connectivity index (χ3n) is 4.97. The second kappa shape index (κ2) is 4.82. The number of nitrogens with two attached hydrogens (primary N) is 1. The number of hydrogen-bond donors (Lipinski definition) is 2. The van der Waals surface area contributed by atoms with Crippen LogP contribution in [0.4, 0.5) is 0 Å². The first-order valence-corrected chi connectivity index (χ1v) is 7.43. The van der Waals surface area contributed by atoms with E-state index < -0.39 is 0 Å². The van der Waals surface area contributed by atoms with Crippen LogP contribution in [0.25, 0.3) is 0 Å². The Morgan fingerprint density at radius 3 is 2.44 bits per heavy atom. The molecule has 2 saturated carbocycles. The van der Waals surface area contributed by atoms with Crippen LogP contribution in [0.5, 0.6) is 0 Å². The molecule has 3 aliphatic rings. The molecule has 0 unspecified atom stereocenters. The van der Waals surface area contributed by atoms with E-state index in [-0.39, 0.29) is 5.91 Å². The van der Waals surface area contributed by atoms with Gasteiger partial charge in [0.05, 0.1) is 6.54 Å². The quantitative estimate of drug-likeness (QED) is 0.757. The van der Waals surface area contributed by atoms with Gasteiger partial charge in [-0.25, -0.2) is 0 Å². The lowest BCUT2D eigenvalue weighted by Crippen LogP contribution is -2.45. The topological polar surface area (TPSA) is 58.4 Å². The van der Waals surface area contributed by atoms with Gasteiger partial charge in [-0.2, -0.15) is 0 Å². The number of carbonyl (C=O) groups is 1. The Kier molecular flexibility index (Phi) is 3.32. The van der Waals surface area contributed by atoms with Gasteiger partial charge in [0.15, 0.2) is 0 Å². The normalized spacial score (nSPS) is 28.1. The van der Waals surface area contributed by atoms with E-state index in [1.54, 1.807) is 0 Å². The molecule has 1 saturated heterocycles. The largest absolute Gasteiger partial charge is 0.354 e. The molecule has 102 valence electrons. The van der Waals surface area contributed by atoms with Gasteiger partial charge in [-0.15, -0.1) is 0 Å². The zero-order valence-corrected chi connectivity index (χ0v) is 11.2. The van der Waals surface area contributed by atoms with Crippen molar-refractivity contribution in [3.05, 3.63) is 0 Å². The van der Waals surface area contributed by atoms with E-state index >= 15 is 0 Å². The highest BCUT2D eigenvalue weighted by atomic mass is 16.2. The second-order valence-electron chi connectivity index (χ2n) is 6.53. The van der Waals surface area contributed by atoms with Crippen LogP contribution in [0.15, 0.2) is 0 Å². The minimum atomic E-state index is 0.206. The molecule has 3 rings (SSSR count). The molecule has 1 amide bonds. The summed E-state index contributed by atoms with van der Waals surface area (Å²) in [5, 5.41) is 3.15. The summed E-state index contributed by atoms with van der Waals surface area (Å²) in [6.45, 7) is 3.43. The van der Waals surface area contributed by atoms with Gasteiger partial charge >= 0.3 is 0 Å². The Morgan fingerprint density at radius 2 is 1.89 bits per heavy atom. The lowest BCUT2D eigenvalue weighted by atomic mass is 10.0. The molecule has 18 heavy (non-hydrogen) atoms. The predicted octanol–water partition coefficient (Wildman–Crippen LogP) is 0.716. The molecule has 3 N–H and O–H groups in total. The van der Waals surface area contributed by atoms with Crippen LogP contribution in [-0.2, 0) is 4.79 Å². The summed E-state index contributed by atoms with van der Waals surface area (Å²) in [4.78, 5) is 14.2. The minimum Gasteiger partial charge on any atom is -0.354 e. The first-order chi connectivity index (χ1) is 8.68. The molecule has 0 aromatic carbocycles. The van der Waals surface area contributed by atoms with Gasteiger partial charge in [0.2, 0.25) is 5.91 Å². The van der Waals surface area contributed by atoms with Crippen LogP contribution in [0.3, 0.4) is 0 Å². The number of carbonyl (C=O) groups excluding carboxylic acids is 1. The fraction of sp³-hybridized carbons (Fsp3) is 0.929. The monoisotopic (exact) mass is 251 g/mol. The number of nitrogens with zero attached hydrogens (tertiary/aromatic N) is 1. The van der Waals surface area contributed by atoms with Gasteiger partial charge < -0.3 is 11.1 Å². The summed E-state index contributed by atoms with van der Waals surface area (Å²) < 4.78 is 0. The van der Waals surface area contributed by atoms with Crippen LogP contribution in [-0.4, -0.2) is 43.0 Å². The maximum absolute atomic E-state index is 11.9. The Bertz CT molecular complexity index is 315. The van der Waals surface area contributed by atoms with Gasteiger partial charge in [0, 0.05) is 25.7 Å². The van der Waals surface area contributed by atoms with Crippen molar-refractivity contribution in [2.45, 2.75) is 44.6 Å². The van der Waals surface area contributed by atoms with Crippen molar-refractivity contribution >= 4 is 5.91 Å². The van der Waals surface area contributed by atoms with Crippen LogP contribution in [0.2, 0.25) is 0 Å². The van der Waals surface area contributed by atoms with Crippen molar-refractivity contribution in [1.29, 1.82) is 0 Å². The average Bonchev–Trinajstić information content (AvgIpc) is 3.22. The molecule has 4 nitrogen and oxygen atoms in total. The van der Waals surface area contributed by atoms with Gasteiger partial charge in [-0.1, -0.05) is 0 Å². The summed E-state index contributed by atoms with van der Waals surface area (Å²) in [5.41, 5.74) is 6.38. The average molecular weight is 251 g/mol. The zero-order valence-electron chi connectivity index (χ0n) is 11.2. The van der Waals surface area contributed by atoms with Crippen molar-refractivity contribution in [3.63, 3.8) is 0 Å². The second-order valence-corrected chi connectivity index (χ2v) is 6.53. The van der Waals surface area contributed by atoms with Crippen molar-refractivity contribution in [3.8, 4) is 0 Å². The minimum absolute atomic E-state index is 0.206. The predicted molar refractivity (Wildman–Crippen MR) is 71.1 cm³/mol. The van der Waals surface area contributed by atoms with E-state index in [4.69, 9.17) is 5.73 Å². The number of hydrogen-bond acceptors (Lipinski definition) is 3. The summed E-state index contributed by atoms with van der Waals surface area (Å²) in [7, 11) is 0. The number of amides is 1. The maximum atomic E-state index is 11.9. The molecule has 3 fully saturated rings. The van der Waals surface area contributed by atoms with Gasteiger partial charge in [-0.3, -0.25) is 9.69 Å². The van der Waals surface area contributed by atoms with E-state index in [1.807, 2.05) is 0 Å². The van der Waals surface area contributed by atoms with Crippen molar-refractivity contribution in [2.75, 3.05) is 26.2 Å². The fourth-order valence-electron chi connectivity index (χ4n) is 3.23. The molecule has 4 heteroatoms. The van der Waals surface area contributed by atoms with E-state index in [1.165, 1.54) is 25.7 Å². The number of rotatable bonds is 5. The summed E-state index contributed by atoms with van der Waals surface area (Å²) in [6, 6.07) is 0.342. The van der Waals surface area contributed by atoms with Crippen molar-refractivity contribution in [2.24, 2.45) is 17.1 Å². The Hall–Kier alpha value is -0.610. The molecule has 0 aromatic heterocycles. The van der Waals surface area contributed by atoms with Crippen LogP contribution >= 0.6 is 0 Å². The molecular formula is C14H25N3O. The molecule has 0 atom stereocenters. The van der Waals surface area contributed by atoms with Gasteiger partial charge in [-0.05, 0) is 49.9 Å². The molecule has 2 aliphatic carbocycles. The maximum Gasteiger partial charge on any atom is 0.234 e.